The van der Waals surface area contributed by atoms with Crippen molar-refractivity contribution in [2.45, 2.75) is 49.0 Å². The molecule has 1 N–H and O–H groups in total. The molecule has 3 rings (SSSR count). The van der Waals surface area contributed by atoms with E-state index in [9.17, 15) is 17.9 Å². The van der Waals surface area contributed by atoms with Crippen molar-refractivity contribution >= 4 is 10.0 Å². The zero-order valence-electron chi connectivity index (χ0n) is 15.6. The third kappa shape index (κ3) is 4.11. The van der Waals surface area contributed by atoms with Crippen LogP contribution in [0.5, 0.6) is 0 Å². The molecule has 2 aliphatic rings. The molecule has 1 saturated carbocycles. The van der Waals surface area contributed by atoms with E-state index in [2.05, 4.69) is 0 Å². The zero-order chi connectivity index (χ0) is 19.0. The second kappa shape index (κ2) is 7.19. The van der Waals surface area contributed by atoms with Crippen molar-refractivity contribution in [3.63, 3.8) is 0 Å². The molecule has 1 heterocycles. The van der Waals surface area contributed by atoms with E-state index in [1.54, 1.807) is 0 Å². The van der Waals surface area contributed by atoms with Crippen molar-refractivity contribution in [1.29, 1.82) is 0 Å². The minimum absolute atomic E-state index is 0.146. The fraction of sp³-hybridized carbons (Fsp3) is 0.684. The first-order valence-electron chi connectivity index (χ1n) is 9.27. The molecule has 1 aliphatic heterocycles. The summed E-state index contributed by atoms with van der Waals surface area (Å²) in [5.41, 5.74) is -0.473. The minimum atomic E-state index is -3.56. The molecule has 1 aliphatic carbocycles. The van der Waals surface area contributed by atoms with Gasteiger partial charge in [0, 0.05) is 19.6 Å². The number of nitrogens with zero attached hydrogens (tertiary/aromatic N) is 2. The summed E-state index contributed by atoms with van der Waals surface area (Å²) < 4.78 is 40.1. The van der Waals surface area contributed by atoms with Gasteiger partial charge in [-0.15, -0.1) is 0 Å². The molecule has 2 fully saturated rings. The molecule has 0 radical (unpaired) electrons. The molecule has 5 nitrogen and oxygen atoms in total. The third-order valence-corrected chi connectivity index (χ3v) is 8.00. The Morgan fingerprint density at radius 1 is 1.04 bits per heavy atom. The van der Waals surface area contributed by atoms with Gasteiger partial charge in [0.2, 0.25) is 10.0 Å². The van der Waals surface area contributed by atoms with Crippen LogP contribution in [0.15, 0.2) is 29.2 Å². The maximum Gasteiger partial charge on any atom is 0.243 e. The summed E-state index contributed by atoms with van der Waals surface area (Å²) in [7, 11) is 0.384. The molecule has 0 atom stereocenters. The highest BCUT2D eigenvalue weighted by Crippen LogP contribution is 2.48. The summed E-state index contributed by atoms with van der Waals surface area (Å²) in [6.07, 6.45) is 5.09. The van der Waals surface area contributed by atoms with Crippen LogP contribution in [0.4, 0.5) is 4.39 Å². The monoisotopic (exact) mass is 384 g/mol. The third-order valence-electron chi connectivity index (χ3n) is 6.09. The van der Waals surface area contributed by atoms with Crippen LogP contribution in [0.2, 0.25) is 0 Å². The fourth-order valence-corrected chi connectivity index (χ4v) is 5.89. The molecule has 1 spiro atoms. The van der Waals surface area contributed by atoms with E-state index in [1.165, 1.54) is 28.6 Å². The standard InChI is InChI=1S/C19H29FN2O3S/c1-21(2)15-19(23)9-7-18(8-10-19)11-13-22(14-12-18)26(24,25)17-5-3-16(20)4-6-17/h3-6,23H,7-15H2,1-2H3. The van der Waals surface area contributed by atoms with Crippen LogP contribution >= 0.6 is 0 Å². The van der Waals surface area contributed by atoms with Gasteiger partial charge >= 0.3 is 0 Å². The normalized spacial score (nSPS) is 23.4. The van der Waals surface area contributed by atoms with Gasteiger partial charge in [0.1, 0.15) is 5.82 Å². The van der Waals surface area contributed by atoms with E-state index in [4.69, 9.17) is 0 Å². The fourth-order valence-electron chi connectivity index (χ4n) is 4.45. The van der Waals surface area contributed by atoms with E-state index in [0.717, 1.165) is 38.5 Å². The van der Waals surface area contributed by atoms with Crippen LogP contribution in [0.1, 0.15) is 38.5 Å². The van der Waals surface area contributed by atoms with Gasteiger partial charge in [0.15, 0.2) is 0 Å². The molecule has 0 amide bonds. The van der Waals surface area contributed by atoms with E-state index >= 15 is 0 Å². The summed E-state index contributed by atoms with van der Waals surface area (Å²) in [5, 5.41) is 10.7. The van der Waals surface area contributed by atoms with Crippen molar-refractivity contribution in [3.05, 3.63) is 30.1 Å². The smallest absolute Gasteiger partial charge is 0.243 e. The van der Waals surface area contributed by atoms with Gasteiger partial charge in [0.05, 0.1) is 10.5 Å². The Morgan fingerprint density at radius 3 is 2.08 bits per heavy atom. The predicted molar refractivity (Wildman–Crippen MR) is 98.8 cm³/mol. The van der Waals surface area contributed by atoms with Crippen LogP contribution in [-0.2, 0) is 10.0 Å². The average molecular weight is 385 g/mol. The minimum Gasteiger partial charge on any atom is -0.389 e. The quantitative estimate of drug-likeness (QED) is 0.866. The van der Waals surface area contributed by atoms with Crippen LogP contribution < -0.4 is 0 Å². The van der Waals surface area contributed by atoms with Gasteiger partial charge < -0.3 is 10.0 Å². The Balaban J connectivity index is 1.62. The summed E-state index contributed by atoms with van der Waals surface area (Å²) in [6, 6.07) is 5.03. The molecule has 7 heteroatoms. The van der Waals surface area contributed by atoms with Gasteiger partial charge in [-0.2, -0.15) is 4.31 Å². The lowest BCUT2D eigenvalue weighted by atomic mass is 9.64. The van der Waals surface area contributed by atoms with Crippen molar-refractivity contribution in [3.8, 4) is 0 Å². The lowest BCUT2D eigenvalue weighted by molar-refractivity contribution is -0.0592. The molecule has 146 valence electrons. The Kier molecular flexibility index (Phi) is 5.45. The maximum atomic E-state index is 13.1. The van der Waals surface area contributed by atoms with Gasteiger partial charge in [-0.25, -0.2) is 12.8 Å². The predicted octanol–water partition coefficient (Wildman–Crippen LogP) is 2.46. The van der Waals surface area contributed by atoms with Crippen molar-refractivity contribution in [2.75, 3.05) is 33.7 Å². The molecular formula is C19H29FN2O3S. The largest absolute Gasteiger partial charge is 0.389 e. The van der Waals surface area contributed by atoms with E-state index in [0.29, 0.717) is 19.6 Å². The molecular weight excluding hydrogens is 355 g/mol. The first kappa shape index (κ1) is 19.7. The average Bonchev–Trinajstić information content (AvgIpc) is 2.58. The first-order valence-corrected chi connectivity index (χ1v) is 10.7. The molecule has 1 aromatic rings. The SMILES string of the molecule is CN(C)CC1(O)CCC2(CCN(S(=O)(=O)c3ccc(F)cc3)CC2)CC1. The first-order chi connectivity index (χ1) is 12.1. The van der Waals surface area contributed by atoms with Crippen molar-refractivity contribution in [2.24, 2.45) is 5.41 Å². The summed E-state index contributed by atoms with van der Waals surface area (Å²) in [6.45, 7) is 1.66. The van der Waals surface area contributed by atoms with Crippen molar-refractivity contribution < 1.29 is 17.9 Å². The molecule has 0 aromatic heterocycles. The van der Waals surface area contributed by atoms with Gasteiger partial charge in [-0.1, -0.05) is 0 Å². The Morgan fingerprint density at radius 2 is 1.58 bits per heavy atom. The summed E-state index contributed by atoms with van der Waals surface area (Å²) in [5.74, 6) is -0.436. The number of rotatable bonds is 4. The number of piperidine rings is 1. The number of aliphatic hydroxyl groups is 1. The number of hydrogen-bond acceptors (Lipinski definition) is 4. The number of sulfonamides is 1. The van der Waals surface area contributed by atoms with E-state index in [1.807, 2.05) is 19.0 Å². The highest BCUT2D eigenvalue weighted by molar-refractivity contribution is 7.89. The van der Waals surface area contributed by atoms with Gasteiger partial charge in [-0.05, 0) is 82.3 Å². The van der Waals surface area contributed by atoms with Crippen LogP contribution in [0, 0.1) is 11.2 Å². The molecule has 0 bridgehead atoms. The topological polar surface area (TPSA) is 60.9 Å². The van der Waals surface area contributed by atoms with E-state index in [-0.39, 0.29) is 10.3 Å². The zero-order valence-corrected chi connectivity index (χ0v) is 16.4. The van der Waals surface area contributed by atoms with Crippen LogP contribution in [0.25, 0.3) is 0 Å². The van der Waals surface area contributed by atoms with Crippen molar-refractivity contribution in [1.82, 2.24) is 9.21 Å². The maximum absolute atomic E-state index is 13.1. The Hall–Kier alpha value is -1.02. The van der Waals surface area contributed by atoms with Crippen LogP contribution in [-0.4, -0.2) is 62.1 Å². The number of halogens is 1. The lowest BCUT2D eigenvalue weighted by Crippen LogP contribution is -2.49. The number of likely N-dealkylation sites (N-methyl/N-ethyl adjacent to an activating group) is 1. The number of hydrogen-bond donors (Lipinski definition) is 1. The van der Waals surface area contributed by atoms with Gasteiger partial charge in [0.25, 0.3) is 0 Å². The van der Waals surface area contributed by atoms with Crippen LogP contribution in [0.3, 0.4) is 0 Å². The highest BCUT2D eigenvalue weighted by atomic mass is 32.2. The highest BCUT2D eigenvalue weighted by Gasteiger charge is 2.44. The summed E-state index contributed by atoms with van der Waals surface area (Å²) in [4.78, 5) is 2.18. The van der Waals surface area contributed by atoms with Gasteiger partial charge in [-0.3, -0.25) is 0 Å². The molecule has 26 heavy (non-hydrogen) atoms. The second-order valence-corrected chi connectivity index (χ2v) is 10.3. The second-order valence-electron chi connectivity index (χ2n) is 8.32. The number of benzene rings is 1. The lowest BCUT2D eigenvalue weighted by Gasteiger charge is -2.48. The molecule has 0 unspecified atom stereocenters. The van der Waals surface area contributed by atoms with E-state index < -0.39 is 21.4 Å². The Bertz CT molecular complexity index is 716. The molecule has 1 saturated heterocycles. The molecule has 1 aromatic carbocycles. The Labute approximate surface area is 155 Å². The summed E-state index contributed by atoms with van der Waals surface area (Å²) >= 11 is 0.